The lowest BCUT2D eigenvalue weighted by Crippen LogP contribution is -2.40. The Kier molecular flexibility index (Phi) is 86.0. The highest BCUT2D eigenvalue weighted by atomic mass is 16.6. The lowest BCUT2D eigenvalue weighted by atomic mass is 9.88. The van der Waals surface area contributed by atoms with Crippen molar-refractivity contribution in [3.63, 3.8) is 0 Å². The summed E-state index contributed by atoms with van der Waals surface area (Å²) < 4.78 is 53.6. The summed E-state index contributed by atoms with van der Waals surface area (Å²) in [5, 5.41) is 0. The first-order valence-corrected chi connectivity index (χ1v) is 53.3. The van der Waals surface area contributed by atoms with Crippen molar-refractivity contribution in [1.29, 1.82) is 0 Å². The molecule has 20 heteroatoms. The Hall–Kier alpha value is -5.04. The van der Waals surface area contributed by atoms with Gasteiger partial charge in [-0.3, -0.25) is 43.3 Å². The van der Waals surface area contributed by atoms with Gasteiger partial charge in [0.25, 0.3) is 0 Å². The second-order valence-electron chi connectivity index (χ2n) is 55.1. The van der Waals surface area contributed by atoms with Crippen LogP contribution in [-0.2, 0) is 85.7 Å². The number of hydrogen-bond acceptors (Lipinski definition) is 20. The van der Waals surface area contributed by atoms with Crippen LogP contribution in [-0.4, -0.2) is 220 Å². The molecule has 0 aromatic heterocycles. The van der Waals surface area contributed by atoms with E-state index in [9.17, 15) is 38.4 Å². The Morgan fingerprint density at radius 2 is 0.469 bits per heavy atom. The van der Waals surface area contributed by atoms with E-state index in [4.69, 9.17) is 47.4 Å². The minimum absolute atomic E-state index is 0. The maximum Gasteiger partial charge on any atom is 0.311 e. The molecule has 0 aliphatic carbocycles. The summed E-state index contributed by atoms with van der Waals surface area (Å²) in [6.07, 6.45) is 19.2. The number of esters is 1. The van der Waals surface area contributed by atoms with Crippen LogP contribution in [0.25, 0.3) is 0 Å². The predicted octanol–water partition coefficient (Wildman–Crippen LogP) is 28.7. The fourth-order valence-corrected chi connectivity index (χ4v) is 9.70. The summed E-state index contributed by atoms with van der Waals surface area (Å²) in [5.41, 5.74) is -0.0158. The van der Waals surface area contributed by atoms with E-state index >= 15 is 0 Å². The van der Waals surface area contributed by atoms with Crippen LogP contribution >= 0.6 is 0 Å². The number of likely N-dealkylation sites (N-methyl/N-ethyl adjacent to an activating group) is 1. The SMILES string of the molecule is C.CC(C)(C)CC#CC#CCOCC(=O)C(C)(C)C.CC(C)(C)CC#CC#CCOCCCC(=O)C(C)(C)C.CC(C)(C)CCCCCOCC(=O)C(C)(C)C.CC(C)(C)CCCCCOCCC(=O)C(C)(C)C.CC(C)(C)CCOCCC(=O)C(C)(C)C.CC(C)(C)CCOCCOC(=O)C(C)(C)C.CN(CCCCCOCC(=O)C(C)(C)C)C(C)(C)C.CN(CCOCCOCC(=O)C(C)(C)C)C(C)(C)C. The number of unbranched alkanes of at least 4 members (excludes halogenated alkanes) is 6. The van der Waals surface area contributed by atoms with E-state index in [1.54, 1.807) is 0 Å². The molecule has 0 saturated heterocycles. The highest BCUT2D eigenvalue weighted by Gasteiger charge is 2.29. The number of ether oxygens (including phenoxy) is 10. The molecule has 0 bridgehead atoms. The number of carbonyl (C=O) groups excluding carboxylic acids is 8. The molecule has 0 saturated carbocycles. The van der Waals surface area contributed by atoms with E-state index in [2.05, 4.69) is 237 Å². The van der Waals surface area contributed by atoms with Gasteiger partial charge < -0.3 is 52.3 Å². The van der Waals surface area contributed by atoms with Crippen molar-refractivity contribution in [2.45, 2.75) is 473 Å². The number of hydrogen-bond donors (Lipinski definition) is 0. The summed E-state index contributed by atoms with van der Waals surface area (Å²) in [6, 6.07) is 0. The van der Waals surface area contributed by atoms with Gasteiger partial charge in [-0.05, 0) is 203 Å². The monoisotopic (exact) mass is 2030 g/mol. The lowest BCUT2D eigenvalue weighted by Gasteiger charge is -2.31. The Morgan fingerprint density at radius 1 is 0.210 bits per heavy atom. The molecule has 0 rings (SSSR count). The van der Waals surface area contributed by atoms with Crippen molar-refractivity contribution in [1.82, 2.24) is 9.80 Å². The van der Waals surface area contributed by atoms with Crippen LogP contribution in [0.3, 0.4) is 0 Å². The minimum atomic E-state index is -0.425. The van der Waals surface area contributed by atoms with Crippen molar-refractivity contribution in [2.75, 3.05) is 153 Å². The van der Waals surface area contributed by atoms with E-state index in [1.807, 2.05) is 166 Å². The molecule has 143 heavy (non-hydrogen) atoms. The molecule has 0 aliphatic rings. The zero-order chi connectivity index (χ0) is 113. The first kappa shape index (κ1) is 156. The van der Waals surface area contributed by atoms with E-state index < -0.39 is 5.41 Å². The lowest BCUT2D eigenvalue weighted by molar-refractivity contribution is -0.154. The Labute approximate surface area is 885 Å². The second kappa shape index (κ2) is 79.1. The van der Waals surface area contributed by atoms with Crippen LogP contribution in [0.4, 0.5) is 0 Å². The summed E-state index contributed by atoms with van der Waals surface area (Å²) in [5.74, 6) is 24.0. The third-order valence-electron chi connectivity index (χ3n) is 21.5. The molecule has 20 nitrogen and oxygen atoms in total. The number of Topliss-reactive ketones (excluding diaryl/α,β-unsaturated/α-hetero) is 7. The summed E-state index contributed by atoms with van der Waals surface area (Å²) in [7, 11) is 4.25. The van der Waals surface area contributed by atoms with Crippen molar-refractivity contribution in [3.05, 3.63) is 0 Å². The molecule has 844 valence electrons. The average molecular weight is 2030 g/mol. The molecule has 0 aliphatic heterocycles. The first-order valence-electron chi connectivity index (χ1n) is 53.3. The highest BCUT2D eigenvalue weighted by molar-refractivity contribution is 5.87. The van der Waals surface area contributed by atoms with Crippen LogP contribution < -0.4 is 0 Å². The smallest absolute Gasteiger partial charge is 0.311 e. The normalized spacial score (nSPS) is 12.3. The van der Waals surface area contributed by atoms with Crippen LogP contribution in [0.15, 0.2) is 0 Å². The zero-order valence-electron chi connectivity index (χ0n) is 103. The van der Waals surface area contributed by atoms with Gasteiger partial charge in [0, 0.05) is 127 Å². The third kappa shape index (κ3) is 122. The Morgan fingerprint density at radius 3 is 0.790 bits per heavy atom. The van der Waals surface area contributed by atoms with Gasteiger partial charge in [-0.2, -0.15) is 0 Å². The summed E-state index contributed by atoms with van der Waals surface area (Å²) in [6.45, 7) is 110. The number of ketones is 7. The third-order valence-corrected chi connectivity index (χ3v) is 21.5. The molecule has 0 radical (unpaired) electrons. The van der Waals surface area contributed by atoms with Crippen molar-refractivity contribution >= 4 is 46.5 Å². The molecule has 0 N–H and O–H groups in total. The van der Waals surface area contributed by atoms with Gasteiger partial charge in [0.15, 0.2) is 23.1 Å². The molecular weight excluding hydrogens is 1790 g/mol. The fraction of sp³-hybridized carbons (Fsp3) is 0.870. The van der Waals surface area contributed by atoms with Gasteiger partial charge in [0.1, 0.15) is 63.6 Å². The van der Waals surface area contributed by atoms with Gasteiger partial charge in [-0.1, -0.05) is 327 Å². The molecule has 0 spiro atoms. The standard InChI is InChI=1S/C18H28O2.C16H33NO2.C16H32O2.C16H24O2.C15H31NO3.C15H30O2.C13H26O3.C13H26O2.CH4/c1-17(2,3)13-9-7-8-10-14-20-15-11-12-16(19)18(4,5)6;1-15(2,3)14(18)13-19-12-10-8-9-11-17(7)16(4,5)6;1-15(2,3)11-8-7-9-12-18-13-10-14(17)16(4,5)6;1-15(2,3)11-9-7-8-10-12-18-13-14(17)16(4,5)6;1-14(2,3)13(17)12-19-11-10-18-9-8-16(7)15(4,5)6;1-14(2,3)10-8-7-9-11-17-12-13(16)15(4,5)6;1-12(2,3)7-8-15-9-10-16-11(14)13(4,5)6;1-12(2,3)8-10-15-9-7-11(14)13(4,5)6;/h11-15H2,1-6H3;8-13H2,1-7H3;7-13H2,1-6H3;11-13H2,1-6H3;8-12H2,1-7H3;7-12H2,1-6H3;7-10H2,1-6H3;7-10H2,1-6H3;1H4. The largest absolute Gasteiger partial charge is 0.463 e. The van der Waals surface area contributed by atoms with Gasteiger partial charge >= 0.3 is 5.97 Å². The number of nitrogens with zero attached hydrogens (tertiary/aromatic N) is 2. The van der Waals surface area contributed by atoms with Gasteiger partial charge in [0.05, 0.1) is 45.1 Å². The quantitative estimate of drug-likeness (QED) is 0.0313. The fourth-order valence-electron chi connectivity index (χ4n) is 9.70. The van der Waals surface area contributed by atoms with Crippen molar-refractivity contribution < 1.29 is 85.7 Å². The average Bonchev–Trinajstić information content (AvgIpc) is 0.943. The maximum atomic E-state index is 11.7. The van der Waals surface area contributed by atoms with Crippen LogP contribution in [0.1, 0.15) is 462 Å². The molecular formula is C123H234N2O18. The first-order chi connectivity index (χ1) is 63.9. The maximum absolute atomic E-state index is 11.7. The van der Waals surface area contributed by atoms with Crippen molar-refractivity contribution in [3.8, 4) is 47.4 Å². The van der Waals surface area contributed by atoms with Crippen LogP contribution in [0, 0.1) is 123 Å². The van der Waals surface area contributed by atoms with Crippen molar-refractivity contribution in [2.24, 2.45) is 75.8 Å². The minimum Gasteiger partial charge on any atom is -0.463 e. The van der Waals surface area contributed by atoms with E-state index in [0.717, 1.165) is 90.7 Å². The molecule has 0 aromatic carbocycles. The molecule has 0 atom stereocenters. The molecule has 0 fully saturated rings. The van der Waals surface area contributed by atoms with E-state index in [0.29, 0.717) is 114 Å². The molecule has 0 heterocycles. The number of carbonyl (C=O) groups is 8. The topological polar surface area (TPSA) is 235 Å². The van der Waals surface area contributed by atoms with Crippen LogP contribution in [0.2, 0.25) is 0 Å². The molecule has 0 amide bonds. The number of rotatable bonds is 49. The van der Waals surface area contributed by atoms with Gasteiger partial charge in [-0.15, -0.1) is 0 Å². The summed E-state index contributed by atoms with van der Waals surface area (Å²) >= 11 is 0. The Bertz CT molecular complexity index is 3520. The van der Waals surface area contributed by atoms with E-state index in [-0.39, 0.29) is 147 Å². The van der Waals surface area contributed by atoms with Gasteiger partial charge in [-0.25, -0.2) is 0 Å². The second-order valence-corrected chi connectivity index (χ2v) is 55.1. The zero-order valence-corrected chi connectivity index (χ0v) is 103. The molecule has 0 unspecified atom stereocenters. The highest BCUT2D eigenvalue weighted by Crippen LogP contribution is 2.28. The van der Waals surface area contributed by atoms with Crippen LogP contribution in [0.5, 0.6) is 0 Å². The molecule has 0 aromatic rings. The Balaban J connectivity index is -0.000000205. The predicted molar refractivity (Wildman–Crippen MR) is 606 cm³/mol. The van der Waals surface area contributed by atoms with Gasteiger partial charge in [0.2, 0.25) is 0 Å². The summed E-state index contributed by atoms with van der Waals surface area (Å²) in [4.78, 5) is 97.1. The van der Waals surface area contributed by atoms with E-state index in [1.165, 1.54) is 44.9 Å².